The van der Waals surface area contributed by atoms with Crippen LogP contribution in [-0.2, 0) is 4.74 Å². The first-order valence-electron chi connectivity index (χ1n) is 4.76. The molecule has 1 unspecified atom stereocenters. The normalized spacial score (nSPS) is 33.2. The van der Waals surface area contributed by atoms with Gasteiger partial charge in [-0.2, -0.15) is 0 Å². The van der Waals surface area contributed by atoms with Crippen LogP contribution in [0.25, 0.3) is 0 Å². The zero-order valence-corrected chi connectivity index (χ0v) is 7.92. The Labute approximate surface area is 74.1 Å². The molecule has 12 heavy (non-hydrogen) atoms. The van der Waals surface area contributed by atoms with Crippen molar-refractivity contribution in [2.75, 3.05) is 19.7 Å². The molecule has 0 aliphatic carbocycles. The van der Waals surface area contributed by atoms with Crippen molar-refractivity contribution in [2.45, 2.75) is 26.6 Å². The Morgan fingerprint density at radius 3 is 3.00 bits per heavy atom. The maximum atomic E-state index is 9.59. The first kappa shape index (κ1) is 9.96. The molecular formula is C9H19NO2. The second-order valence-electron chi connectivity index (χ2n) is 3.48. The van der Waals surface area contributed by atoms with Gasteiger partial charge in [0.2, 0.25) is 0 Å². The van der Waals surface area contributed by atoms with Crippen LogP contribution in [0.3, 0.4) is 0 Å². The highest BCUT2D eigenvalue weighted by molar-refractivity contribution is 4.76. The van der Waals surface area contributed by atoms with Crippen LogP contribution in [0.5, 0.6) is 0 Å². The molecule has 1 aliphatic rings. The average Bonchev–Trinajstić information content (AvgIpc) is 2.05. The fourth-order valence-electron chi connectivity index (χ4n) is 1.75. The molecule has 0 aromatic heterocycles. The van der Waals surface area contributed by atoms with Crippen LogP contribution in [0, 0.1) is 11.8 Å². The molecule has 1 heterocycles. The van der Waals surface area contributed by atoms with E-state index in [1.54, 1.807) is 0 Å². The van der Waals surface area contributed by atoms with E-state index in [9.17, 15) is 5.11 Å². The Bertz CT molecular complexity index is 130. The van der Waals surface area contributed by atoms with Crippen molar-refractivity contribution in [2.24, 2.45) is 11.8 Å². The van der Waals surface area contributed by atoms with Crippen molar-refractivity contribution < 1.29 is 9.84 Å². The van der Waals surface area contributed by atoms with Gasteiger partial charge in [0.05, 0.1) is 0 Å². The number of piperidine rings is 1. The van der Waals surface area contributed by atoms with E-state index in [1.165, 1.54) is 0 Å². The summed E-state index contributed by atoms with van der Waals surface area (Å²) in [7, 11) is 0. The largest absolute Gasteiger partial charge is 0.368 e. The number of hydrogen-bond acceptors (Lipinski definition) is 3. The molecular weight excluding hydrogens is 154 g/mol. The van der Waals surface area contributed by atoms with Crippen molar-refractivity contribution in [1.29, 1.82) is 0 Å². The lowest BCUT2D eigenvalue weighted by Gasteiger charge is -2.32. The topological polar surface area (TPSA) is 41.5 Å². The zero-order valence-electron chi connectivity index (χ0n) is 7.92. The molecule has 0 saturated carbocycles. The van der Waals surface area contributed by atoms with E-state index >= 15 is 0 Å². The van der Waals surface area contributed by atoms with Gasteiger partial charge in [0.1, 0.15) is 0 Å². The standard InChI is InChI=1S/C9H19NO2/c1-3-12-9(11)8-4-5-10-6-7(8)2/h7-11H,3-6H2,1-2H3/t7-,8+,9?/m0/s1. The van der Waals surface area contributed by atoms with Crippen molar-refractivity contribution in [3.05, 3.63) is 0 Å². The zero-order chi connectivity index (χ0) is 8.97. The Morgan fingerprint density at radius 2 is 2.42 bits per heavy atom. The predicted octanol–water partition coefficient (Wildman–Crippen LogP) is 0.587. The summed E-state index contributed by atoms with van der Waals surface area (Å²) in [4.78, 5) is 0. The molecule has 1 rings (SSSR count). The highest BCUT2D eigenvalue weighted by Crippen LogP contribution is 2.22. The smallest absolute Gasteiger partial charge is 0.157 e. The Balaban J connectivity index is 2.36. The summed E-state index contributed by atoms with van der Waals surface area (Å²) in [6, 6.07) is 0. The van der Waals surface area contributed by atoms with Crippen molar-refractivity contribution in [3.8, 4) is 0 Å². The Kier molecular flexibility index (Phi) is 3.98. The first-order chi connectivity index (χ1) is 5.75. The number of ether oxygens (including phenoxy) is 1. The van der Waals surface area contributed by atoms with E-state index in [-0.39, 0.29) is 0 Å². The molecule has 72 valence electrons. The van der Waals surface area contributed by atoms with Gasteiger partial charge in [-0.1, -0.05) is 6.92 Å². The molecule has 1 aliphatic heterocycles. The third kappa shape index (κ3) is 2.44. The molecule has 0 radical (unpaired) electrons. The summed E-state index contributed by atoms with van der Waals surface area (Å²) >= 11 is 0. The van der Waals surface area contributed by atoms with Gasteiger partial charge < -0.3 is 15.2 Å². The minimum atomic E-state index is -0.563. The van der Waals surface area contributed by atoms with Gasteiger partial charge in [0, 0.05) is 12.5 Å². The fraction of sp³-hybridized carbons (Fsp3) is 1.00. The van der Waals surface area contributed by atoms with Crippen LogP contribution in [0.4, 0.5) is 0 Å². The summed E-state index contributed by atoms with van der Waals surface area (Å²) in [5.74, 6) is 0.825. The monoisotopic (exact) mass is 173 g/mol. The number of hydrogen-bond donors (Lipinski definition) is 2. The number of rotatable bonds is 3. The fourth-order valence-corrected chi connectivity index (χ4v) is 1.75. The van der Waals surface area contributed by atoms with E-state index < -0.39 is 6.29 Å². The first-order valence-corrected chi connectivity index (χ1v) is 4.76. The molecule has 0 aromatic carbocycles. The summed E-state index contributed by atoms with van der Waals surface area (Å²) in [6.07, 6.45) is 0.453. The molecule has 2 N–H and O–H groups in total. The lowest BCUT2D eigenvalue weighted by Crippen LogP contribution is -2.41. The summed E-state index contributed by atoms with van der Waals surface area (Å²) in [6.45, 7) is 6.65. The van der Waals surface area contributed by atoms with Crippen molar-refractivity contribution in [3.63, 3.8) is 0 Å². The molecule has 1 fully saturated rings. The van der Waals surface area contributed by atoms with E-state index in [0.29, 0.717) is 18.4 Å². The van der Waals surface area contributed by atoms with Crippen molar-refractivity contribution >= 4 is 0 Å². The molecule has 0 bridgehead atoms. The molecule has 3 nitrogen and oxygen atoms in total. The number of aliphatic hydroxyl groups excluding tert-OH is 1. The average molecular weight is 173 g/mol. The lowest BCUT2D eigenvalue weighted by atomic mass is 9.87. The maximum absolute atomic E-state index is 9.59. The van der Waals surface area contributed by atoms with E-state index in [1.807, 2.05) is 6.92 Å². The van der Waals surface area contributed by atoms with Crippen LogP contribution in [0.2, 0.25) is 0 Å². The molecule has 0 amide bonds. The Hall–Kier alpha value is -0.120. The number of nitrogens with one attached hydrogen (secondary N) is 1. The molecule has 3 atom stereocenters. The van der Waals surface area contributed by atoms with Crippen LogP contribution < -0.4 is 5.32 Å². The van der Waals surface area contributed by atoms with Gasteiger partial charge in [0.25, 0.3) is 0 Å². The van der Waals surface area contributed by atoms with Crippen LogP contribution >= 0.6 is 0 Å². The molecule has 0 aromatic rings. The highest BCUT2D eigenvalue weighted by atomic mass is 16.6. The van der Waals surface area contributed by atoms with E-state index in [0.717, 1.165) is 19.5 Å². The van der Waals surface area contributed by atoms with Crippen molar-refractivity contribution in [1.82, 2.24) is 5.32 Å². The second kappa shape index (κ2) is 4.80. The summed E-state index contributed by atoms with van der Waals surface area (Å²) in [5, 5.41) is 12.9. The van der Waals surface area contributed by atoms with Crippen LogP contribution in [-0.4, -0.2) is 31.1 Å². The minimum absolute atomic E-state index is 0.311. The minimum Gasteiger partial charge on any atom is -0.368 e. The van der Waals surface area contributed by atoms with Gasteiger partial charge in [-0.25, -0.2) is 0 Å². The molecule has 3 heteroatoms. The van der Waals surface area contributed by atoms with Gasteiger partial charge in [-0.15, -0.1) is 0 Å². The SMILES string of the molecule is CCOC(O)[C@@H]1CCNC[C@@H]1C. The molecule has 0 spiro atoms. The van der Waals surface area contributed by atoms with Gasteiger partial charge in [-0.3, -0.25) is 0 Å². The summed E-state index contributed by atoms with van der Waals surface area (Å²) in [5.41, 5.74) is 0. The van der Waals surface area contributed by atoms with Gasteiger partial charge in [-0.05, 0) is 32.4 Å². The quantitative estimate of drug-likeness (QED) is 0.614. The third-order valence-corrected chi connectivity index (χ3v) is 2.56. The van der Waals surface area contributed by atoms with Gasteiger partial charge in [0.15, 0.2) is 6.29 Å². The molecule has 1 saturated heterocycles. The van der Waals surface area contributed by atoms with Crippen LogP contribution in [0.1, 0.15) is 20.3 Å². The van der Waals surface area contributed by atoms with E-state index in [4.69, 9.17) is 4.74 Å². The Morgan fingerprint density at radius 1 is 1.67 bits per heavy atom. The second-order valence-corrected chi connectivity index (χ2v) is 3.48. The van der Waals surface area contributed by atoms with Gasteiger partial charge >= 0.3 is 0 Å². The highest BCUT2D eigenvalue weighted by Gasteiger charge is 2.27. The van der Waals surface area contributed by atoms with Crippen LogP contribution in [0.15, 0.2) is 0 Å². The summed E-state index contributed by atoms with van der Waals surface area (Å²) < 4.78 is 5.18. The lowest BCUT2D eigenvalue weighted by molar-refractivity contribution is -0.146. The van der Waals surface area contributed by atoms with E-state index in [2.05, 4.69) is 12.2 Å². The maximum Gasteiger partial charge on any atom is 0.157 e. The predicted molar refractivity (Wildman–Crippen MR) is 47.8 cm³/mol. The number of aliphatic hydroxyl groups is 1. The third-order valence-electron chi connectivity index (χ3n) is 2.56.